The molecule has 6 rings (SSSR count). The number of aromatic nitrogens is 2. The number of nitrogens with zero attached hydrogens (tertiary/aromatic N) is 2. The number of allylic oxidation sites excluding steroid dienone is 2. The van der Waals surface area contributed by atoms with Crippen LogP contribution in [-0.2, 0) is 24.9 Å². The van der Waals surface area contributed by atoms with Crippen molar-refractivity contribution in [3.8, 4) is 22.5 Å². The Kier molecular flexibility index (Phi) is 17.6. The molecule has 1 N–H and O–H groups in total. The number of carbonyl (C=O) groups is 1. The maximum atomic E-state index is 12.3. The minimum absolute atomic E-state index is 0. The fourth-order valence-corrected chi connectivity index (χ4v) is 9.14. The second-order valence-corrected chi connectivity index (χ2v) is 17.9. The van der Waals surface area contributed by atoms with Crippen LogP contribution in [0.5, 0.6) is 0 Å². The number of hydrogen-bond donors (Lipinski definition) is 1. The van der Waals surface area contributed by atoms with Gasteiger partial charge in [0.1, 0.15) is 0 Å². The summed E-state index contributed by atoms with van der Waals surface area (Å²) in [5.74, 6) is -1.24. The molecule has 4 aromatic carbocycles. The van der Waals surface area contributed by atoms with Crippen molar-refractivity contribution in [2.75, 3.05) is 0 Å². The van der Waals surface area contributed by atoms with E-state index >= 15 is 0 Å². The summed E-state index contributed by atoms with van der Waals surface area (Å²) in [6, 6.07) is 19.7. The van der Waals surface area contributed by atoms with Gasteiger partial charge in [0, 0.05) is 50.4 Å². The van der Waals surface area contributed by atoms with Crippen LogP contribution in [0.25, 0.3) is 44.1 Å². The number of ketones is 1. The van der Waals surface area contributed by atoms with E-state index in [1.807, 2.05) is 27.7 Å². The molecule has 1 unspecified atom stereocenters. The summed E-state index contributed by atoms with van der Waals surface area (Å²) < 4.78 is 70.0. The summed E-state index contributed by atoms with van der Waals surface area (Å²) in [5.41, 5.74) is 14.8. The van der Waals surface area contributed by atoms with Gasteiger partial charge in [-0.15, -0.1) is 69.8 Å². The molecule has 0 amide bonds. The van der Waals surface area contributed by atoms with E-state index in [0.29, 0.717) is 24.7 Å². The standard InChI is InChI=1S/2C22H24N.C13H21F3O2.Ir/c2*1-13(2)21-16(5)12-20-19(17(21)6)7-8-23-22(20)18-10-14(3)9-15(4)11-18;1-4-9(5-2)11(17)7-12(18)10(6-3)8-13(14,15)16;/h2*7-10,12-13H,1-6H3;7,9-10,18H,4-6,8H2,1-3H3;/q2*-1;;/b;;12-7-;/i2*7D,8D;;. The number of pyridine rings is 2. The number of aryl methyl sites for hydroxylation is 8. The van der Waals surface area contributed by atoms with Gasteiger partial charge >= 0.3 is 6.18 Å². The van der Waals surface area contributed by atoms with E-state index in [2.05, 4.69) is 128 Å². The van der Waals surface area contributed by atoms with E-state index < -0.39 is 24.3 Å². The maximum Gasteiger partial charge on any atom is 0.389 e. The Morgan fingerprint density at radius 2 is 1.05 bits per heavy atom. The molecule has 2 heterocycles. The first kappa shape index (κ1) is 48.3. The van der Waals surface area contributed by atoms with E-state index in [1.165, 1.54) is 22.3 Å². The van der Waals surface area contributed by atoms with Crippen LogP contribution in [0.4, 0.5) is 13.2 Å². The number of benzene rings is 4. The fourth-order valence-electron chi connectivity index (χ4n) is 9.14. The Hall–Kier alpha value is -4.65. The van der Waals surface area contributed by atoms with Crippen molar-refractivity contribution in [3.63, 3.8) is 0 Å². The van der Waals surface area contributed by atoms with Crippen molar-refractivity contribution >= 4 is 27.3 Å². The van der Waals surface area contributed by atoms with Gasteiger partial charge in [0.2, 0.25) is 0 Å². The molecule has 0 spiro atoms. The number of alkyl halides is 3. The van der Waals surface area contributed by atoms with Gasteiger partial charge in [-0.25, -0.2) is 0 Å². The zero-order valence-corrected chi connectivity index (χ0v) is 43.3. The van der Waals surface area contributed by atoms with E-state index in [9.17, 15) is 23.1 Å². The van der Waals surface area contributed by atoms with E-state index in [-0.39, 0.29) is 62.7 Å². The number of hydrogen-bond acceptors (Lipinski definition) is 4. The van der Waals surface area contributed by atoms with Gasteiger partial charge in [-0.2, -0.15) is 13.2 Å². The van der Waals surface area contributed by atoms with Crippen LogP contribution in [0, 0.1) is 79.4 Å². The monoisotopic (exact) mass is 1070 g/mol. The Labute approximate surface area is 406 Å². The molecule has 0 fully saturated rings. The number of fused-ring (bicyclic) bond motifs is 2. The van der Waals surface area contributed by atoms with Crippen molar-refractivity contribution < 1.29 is 48.7 Å². The molecule has 1 atom stereocenters. The predicted octanol–water partition coefficient (Wildman–Crippen LogP) is 16.5. The van der Waals surface area contributed by atoms with Crippen LogP contribution < -0.4 is 0 Å². The van der Waals surface area contributed by atoms with Gasteiger partial charge in [0.15, 0.2) is 5.78 Å². The van der Waals surface area contributed by atoms with Crippen molar-refractivity contribution in [3.05, 3.63) is 140 Å². The Balaban J connectivity index is 0.000000277. The molecular formula is C57H69F3IrN2O2-2. The van der Waals surface area contributed by atoms with Gasteiger partial charge in [-0.1, -0.05) is 88.3 Å². The van der Waals surface area contributed by atoms with Gasteiger partial charge < -0.3 is 15.1 Å². The predicted molar refractivity (Wildman–Crippen MR) is 262 cm³/mol. The van der Waals surface area contributed by atoms with Crippen LogP contribution in [-0.4, -0.2) is 27.0 Å². The largest absolute Gasteiger partial charge is 0.512 e. The zero-order chi connectivity index (χ0) is 51.3. The molecule has 0 aliphatic carbocycles. The van der Waals surface area contributed by atoms with Gasteiger partial charge in [0.05, 0.1) is 17.7 Å². The molecule has 0 saturated carbocycles. The van der Waals surface area contributed by atoms with Gasteiger partial charge in [0.25, 0.3) is 0 Å². The van der Waals surface area contributed by atoms with E-state index in [1.54, 1.807) is 6.92 Å². The summed E-state index contributed by atoms with van der Waals surface area (Å²) >= 11 is 0. The Morgan fingerprint density at radius 3 is 1.37 bits per heavy atom. The number of aliphatic hydroxyl groups is 1. The molecule has 0 bridgehead atoms. The smallest absolute Gasteiger partial charge is 0.389 e. The van der Waals surface area contributed by atoms with E-state index in [4.69, 9.17) is 5.48 Å². The van der Waals surface area contributed by atoms with E-state index in [0.717, 1.165) is 83.5 Å². The third kappa shape index (κ3) is 13.9. The first-order valence-corrected chi connectivity index (χ1v) is 22.5. The molecule has 6 aromatic rings. The second-order valence-electron chi connectivity index (χ2n) is 17.9. The van der Waals surface area contributed by atoms with Gasteiger partial charge in [-0.3, -0.25) is 4.79 Å². The first-order valence-electron chi connectivity index (χ1n) is 24.5. The number of halogens is 3. The SMILES string of the molecule is CCC(CC)C(=O)/C=C(\O)C(CC)CC(F)(F)F.[2H]c1nc(-c2[c-]c(C)cc(C)c2)c2cc(C)c(C(C)C)c(C)c2c1[2H].[2H]c1nc(-c2[c-]c(C)cc(C)c2)c2cc(C)c(C(C)C)c(C)c2c1[2H].[Ir]. The van der Waals surface area contributed by atoms with Crippen molar-refractivity contribution in [2.45, 2.75) is 148 Å². The third-order valence-corrected chi connectivity index (χ3v) is 11.9. The molecule has 351 valence electrons. The van der Waals surface area contributed by atoms with Crippen molar-refractivity contribution in [1.29, 1.82) is 0 Å². The molecule has 1 radical (unpaired) electrons. The first-order chi connectivity index (χ1) is 31.6. The number of carbonyl (C=O) groups excluding carboxylic acids is 1. The van der Waals surface area contributed by atoms with Crippen LogP contribution in [0.2, 0.25) is 0 Å². The van der Waals surface area contributed by atoms with Crippen molar-refractivity contribution in [2.24, 2.45) is 11.8 Å². The minimum atomic E-state index is -4.33. The van der Waals surface area contributed by atoms with Crippen molar-refractivity contribution in [1.82, 2.24) is 9.97 Å². The number of aliphatic hydroxyl groups excluding tert-OH is 1. The molecule has 4 nitrogen and oxygen atoms in total. The molecule has 65 heavy (non-hydrogen) atoms. The van der Waals surface area contributed by atoms with Crippen LogP contribution in [0.3, 0.4) is 0 Å². The molecule has 0 aliphatic heterocycles. The number of rotatable bonds is 11. The third-order valence-electron chi connectivity index (χ3n) is 11.9. The maximum absolute atomic E-state index is 12.3. The summed E-state index contributed by atoms with van der Waals surface area (Å²) in [4.78, 5) is 20.6. The fraction of sp³-hybridized carbons (Fsp3) is 0.421. The van der Waals surface area contributed by atoms with Crippen LogP contribution >= 0.6 is 0 Å². The molecule has 8 heteroatoms. The minimum Gasteiger partial charge on any atom is -0.512 e. The molecule has 2 aromatic heterocycles. The van der Waals surface area contributed by atoms with Crippen LogP contribution in [0.1, 0.15) is 147 Å². The molecule has 0 saturated heterocycles. The zero-order valence-electron chi connectivity index (χ0n) is 44.9. The Bertz CT molecular complexity index is 2650. The topological polar surface area (TPSA) is 63.1 Å². The summed E-state index contributed by atoms with van der Waals surface area (Å²) in [6.07, 6.45) is -3.02. The summed E-state index contributed by atoms with van der Waals surface area (Å²) in [6.45, 7) is 30.4. The summed E-state index contributed by atoms with van der Waals surface area (Å²) in [5, 5.41) is 13.2. The molecular weight excluding hydrogens is 994 g/mol. The quantitative estimate of drug-likeness (QED) is 0.0798. The normalized spacial score (nSPS) is 13.1. The average Bonchev–Trinajstić information content (AvgIpc) is 3.21. The Morgan fingerprint density at radius 1 is 0.662 bits per heavy atom. The van der Waals surface area contributed by atoms with Crippen LogP contribution in [0.15, 0.2) is 72.7 Å². The second kappa shape index (κ2) is 23.7. The average molecular weight is 1070 g/mol. The van der Waals surface area contributed by atoms with Gasteiger partial charge in [-0.05, 0) is 137 Å². The molecule has 0 aliphatic rings. The summed E-state index contributed by atoms with van der Waals surface area (Å²) in [7, 11) is 0.